The van der Waals surface area contributed by atoms with E-state index in [-0.39, 0.29) is 56.9 Å². The molecule has 0 unspecified atom stereocenters. The number of phenolic OH excluding ortho intramolecular Hbond substituents is 2. The van der Waals surface area contributed by atoms with Gasteiger partial charge in [-0.05, 0) is 107 Å². The summed E-state index contributed by atoms with van der Waals surface area (Å²) in [5, 5.41) is 61.8. The molecule has 2 heterocycles. The van der Waals surface area contributed by atoms with Crippen molar-refractivity contribution in [2.45, 2.75) is 19.8 Å². The Morgan fingerprint density at radius 2 is 1.06 bits per heavy atom. The van der Waals surface area contributed by atoms with Gasteiger partial charge in [-0.1, -0.05) is 60.1 Å². The van der Waals surface area contributed by atoms with Crippen LogP contribution >= 0.6 is 11.6 Å². The monoisotopic (exact) mass is 930 g/mol. The second kappa shape index (κ2) is 18.5. The van der Waals surface area contributed by atoms with Crippen molar-refractivity contribution in [3.8, 4) is 33.8 Å². The number of aliphatic carboxylic acids is 2. The molecule has 15 heteroatoms. The lowest BCUT2D eigenvalue weighted by atomic mass is 9.91. The molecule has 2 aromatic heterocycles. The van der Waals surface area contributed by atoms with Gasteiger partial charge in [0.2, 0.25) is 0 Å². The van der Waals surface area contributed by atoms with E-state index >= 15 is 0 Å². The van der Waals surface area contributed by atoms with Gasteiger partial charge in [0.25, 0.3) is 5.97 Å². The van der Waals surface area contributed by atoms with Gasteiger partial charge < -0.3 is 39.5 Å². The molecule has 0 amide bonds. The molecule has 0 fully saturated rings. The number of hydrogen-bond donors (Lipinski definition) is 6. The van der Waals surface area contributed by atoms with E-state index < -0.39 is 23.9 Å². The highest BCUT2D eigenvalue weighted by Gasteiger charge is 2.22. The van der Waals surface area contributed by atoms with E-state index in [1.54, 1.807) is 78.9 Å². The van der Waals surface area contributed by atoms with Crippen LogP contribution in [0.15, 0.2) is 152 Å². The van der Waals surface area contributed by atoms with Crippen molar-refractivity contribution < 1.29 is 58.7 Å². The fourth-order valence-electron chi connectivity index (χ4n) is 8.19. The van der Waals surface area contributed by atoms with E-state index in [2.05, 4.69) is 0 Å². The van der Waals surface area contributed by atoms with Crippen LogP contribution in [-0.2, 0) is 16.0 Å². The minimum atomic E-state index is -1.12. The van der Waals surface area contributed by atoms with Crippen LogP contribution < -0.4 is 10.9 Å². The predicted octanol–water partition coefficient (Wildman–Crippen LogP) is 11.1. The minimum Gasteiger partial charge on any atom is -0.508 e. The first-order valence-corrected chi connectivity index (χ1v) is 20.9. The summed E-state index contributed by atoms with van der Waals surface area (Å²) in [5.74, 6) is -4.09. The first-order valence-electron chi connectivity index (χ1n) is 20.5. The number of carbonyl (C=O) groups is 4. The molecule has 14 nitrogen and oxygen atoms in total. The highest BCUT2D eigenvalue weighted by molar-refractivity contribution is 6.32. The van der Waals surface area contributed by atoms with Crippen LogP contribution in [0.4, 0.5) is 0 Å². The molecule has 338 valence electrons. The molecule has 0 bridgehead atoms. The summed E-state index contributed by atoms with van der Waals surface area (Å²) in [6.07, 6.45) is -0.111. The summed E-state index contributed by atoms with van der Waals surface area (Å²) in [7, 11) is 0. The molecule has 8 aromatic carbocycles. The van der Waals surface area contributed by atoms with Crippen molar-refractivity contribution in [2.75, 3.05) is 0 Å². The molecule has 0 aliphatic heterocycles. The average Bonchev–Trinajstić information content (AvgIpc) is 3.29. The fourth-order valence-corrected chi connectivity index (χ4v) is 8.36. The van der Waals surface area contributed by atoms with Gasteiger partial charge >= 0.3 is 17.9 Å². The van der Waals surface area contributed by atoms with Crippen molar-refractivity contribution in [1.82, 2.24) is 0 Å². The lowest BCUT2D eigenvalue weighted by molar-refractivity contribution is -0.137. The van der Waals surface area contributed by atoms with E-state index in [4.69, 9.17) is 35.4 Å². The van der Waals surface area contributed by atoms with Crippen LogP contribution in [0.3, 0.4) is 0 Å². The van der Waals surface area contributed by atoms with Crippen molar-refractivity contribution in [3.63, 3.8) is 0 Å². The maximum atomic E-state index is 12.1. The molecule has 0 radical (unpaired) electrons. The highest BCUT2D eigenvalue weighted by atomic mass is 35.5. The van der Waals surface area contributed by atoms with Crippen LogP contribution in [0.2, 0.25) is 5.02 Å². The molecule has 0 spiro atoms. The maximum absolute atomic E-state index is 12.1. The summed E-state index contributed by atoms with van der Waals surface area (Å²) >= 11 is 6.12. The number of hydrogen-bond acceptors (Lipinski definition) is 10. The standard InChI is InChI=1S/C27H17ClO7.C24H14O5.C2H4O2/c28-20-11-18-13(10-22(20)30)5-7-17-25(15-3-1-2-4-16(15)27(33)34)19-9-14(6-8-24(31)32)21(29)12-23(19)35-26(17)18;25-14-6-9-16-13(11-14)5-8-20-22(17-3-1-2-4-18(17)24(27)28)19-10-7-15(26)12-21(19)29-23(16)20;1-2(3)4/h1-5,7,9-12,29H,6,8H2,(H,31,32)(H,33,34);1-12,26H,(H,27,28);1H3,(H,3,4). The maximum Gasteiger partial charge on any atom is 0.336 e. The summed E-state index contributed by atoms with van der Waals surface area (Å²) in [4.78, 5) is 67.9. The number of carboxylic acids is 4. The Balaban J connectivity index is 0.000000173. The van der Waals surface area contributed by atoms with Crippen molar-refractivity contribution in [3.05, 3.63) is 176 Å². The SMILES string of the molecule is CC(=O)O.O=C(O)CCc1cc2c(-c3ccccc3C(=O)O)c3ccc4cc(=O)c(Cl)cc4c3oc2cc1O.O=C(O)c1ccccc1-c1c2ccc(O)cc2oc2c1ccc1cc(=O)ccc12. The van der Waals surface area contributed by atoms with E-state index in [0.29, 0.717) is 71.5 Å². The zero-order valence-corrected chi connectivity index (χ0v) is 36.2. The number of fused-ring (bicyclic) bond motifs is 8. The highest BCUT2D eigenvalue weighted by Crippen LogP contribution is 2.44. The van der Waals surface area contributed by atoms with Gasteiger partial charge in [0, 0.05) is 68.9 Å². The van der Waals surface area contributed by atoms with Gasteiger partial charge in [-0.2, -0.15) is 0 Å². The summed E-state index contributed by atoms with van der Waals surface area (Å²) in [5.41, 5.74) is 3.98. The molecule has 0 aliphatic carbocycles. The molecular weight excluding hydrogens is 896 g/mol. The van der Waals surface area contributed by atoms with Gasteiger partial charge in [0.1, 0.15) is 33.8 Å². The molecule has 10 aromatic rings. The van der Waals surface area contributed by atoms with Gasteiger partial charge in [0.15, 0.2) is 10.9 Å². The Bertz CT molecular complexity index is 3860. The molecular formula is C53H35ClO14. The largest absolute Gasteiger partial charge is 0.508 e. The quantitative estimate of drug-likeness (QED) is 0.0643. The molecule has 10 rings (SSSR count). The second-order valence-corrected chi connectivity index (χ2v) is 15.9. The van der Waals surface area contributed by atoms with E-state index in [9.17, 15) is 44.4 Å². The number of halogens is 1. The third-order valence-electron chi connectivity index (χ3n) is 11.1. The molecule has 0 aliphatic rings. The Hall–Kier alpha value is -9.01. The van der Waals surface area contributed by atoms with Crippen LogP contribution in [0, 0.1) is 0 Å². The summed E-state index contributed by atoms with van der Waals surface area (Å²) < 4.78 is 12.3. The van der Waals surface area contributed by atoms with Crippen molar-refractivity contribution in [2.24, 2.45) is 0 Å². The molecule has 0 saturated carbocycles. The minimum absolute atomic E-state index is 0.0136. The lowest BCUT2D eigenvalue weighted by Gasteiger charge is -2.16. The molecule has 0 saturated heterocycles. The molecule has 6 N–H and O–H groups in total. The first-order chi connectivity index (χ1) is 32.5. The fraction of sp³-hybridized carbons (Fsp3) is 0.0566. The number of aromatic carboxylic acids is 2. The smallest absolute Gasteiger partial charge is 0.336 e. The number of carboxylic acid groups (broad SMARTS) is 4. The van der Waals surface area contributed by atoms with Crippen LogP contribution in [0.1, 0.15) is 39.6 Å². The Morgan fingerprint density at radius 1 is 0.544 bits per heavy atom. The van der Waals surface area contributed by atoms with E-state index in [1.165, 1.54) is 42.5 Å². The Labute approximate surface area is 387 Å². The van der Waals surface area contributed by atoms with E-state index in [0.717, 1.165) is 23.1 Å². The first kappa shape index (κ1) is 45.6. The summed E-state index contributed by atoms with van der Waals surface area (Å²) in [6.45, 7) is 1.08. The number of rotatable bonds is 7. The Morgan fingerprint density at radius 3 is 1.65 bits per heavy atom. The normalized spacial score (nSPS) is 11.0. The third-order valence-corrected chi connectivity index (χ3v) is 11.4. The zero-order chi connectivity index (χ0) is 48.6. The van der Waals surface area contributed by atoms with Crippen LogP contribution in [0.25, 0.3) is 87.7 Å². The van der Waals surface area contributed by atoms with Crippen LogP contribution in [0.5, 0.6) is 11.5 Å². The average molecular weight is 931 g/mol. The predicted molar refractivity (Wildman–Crippen MR) is 257 cm³/mol. The topological polar surface area (TPSA) is 250 Å². The number of aryl methyl sites for hydroxylation is 1. The number of benzene rings is 8. The van der Waals surface area contributed by atoms with Crippen molar-refractivity contribution >= 4 is 101 Å². The van der Waals surface area contributed by atoms with Gasteiger partial charge in [0.05, 0.1) is 16.1 Å². The third kappa shape index (κ3) is 8.86. The number of aromatic hydroxyl groups is 2. The lowest BCUT2D eigenvalue weighted by Crippen LogP contribution is -2.01. The van der Waals surface area contributed by atoms with Gasteiger partial charge in [-0.25, -0.2) is 9.59 Å². The second-order valence-electron chi connectivity index (χ2n) is 15.5. The zero-order valence-electron chi connectivity index (χ0n) is 35.4. The Kier molecular flexibility index (Phi) is 12.4. The van der Waals surface area contributed by atoms with Crippen molar-refractivity contribution in [1.29, 1.82) is 0 Å². The summed E-state index contributed by atoms with van der Waals surface area (Å²) in [6, 6.07) is 35.8. The number of phenols is 2. The molecule has 68 heavy (non-hydrogen) atoms. The van der Waals surface area contributed by atoms with Gasteiger partial charge in [-0.3, -0.25) is 19.2 Å². The van der Waals surface area contributed by atoms with E-state index in [1.807, 2.05) is 12.1 Å². The van der Waals surface area contributed by atoms with Crippen LogP contribution in [-0.4, -0.2) is 54.5 Å². The molecule has 0 atom stereocenters. The van der Waals surface area contributed by atoms with Gasteiger partial charge in [-0.15, -0.1) is 0 Å².